The van der Waals surface area contributed by atoms with Crippen LogP contribution in [-0.2, 0) is 12.8 Å². The van der Waals surface area contributed by atoms with Crippen molar-refractivity contribution in [1.82, 2.24) is 0 Å². The largest absolute Gasteiger partial charge is 0.392 e. The lowest BCUT2D eigenvalue weighted by Crippen LogP contribution is -2.14. The fourth-order valence-electron chi connectivity index (χ4n) is 2.08. The Morgan fingerprint density at radius 2 is 1.50 bits per heavy atom. The molecule has 0 aliphatic carbocycles. The van der Waals surface area contributed by atoms with E-state index < -0.39 is 0 Å². The van der Waals surface area contributed by atoms with Crippen molar-refractivity contribution in [2.75, 3.05) is 0 Å². The van der Waals surface area contributed by atoms with E-state index in [0.717, 1.165) is 10.0 Å². The van der Waals surface area contributed by atoms with Crippen molar-refractivity contribution in [2.45, 2.75) is 25.9 Å². The molecule has 0 saturated heterocycles. The second-order valence-corrected chi connectivity index (χ2v) is 5.43. The number of hydrogen-bond donors (Lipinski definition) is 1. The van der Waals surface area contributed by atoms with Gasteiger partial charge in [-0.1, -0.05) is 58.4 Å². The van der Waals surface area contributed by atoms with Gasteiger partial charge in [-0.05, 0) is 42.5 Å². The maximum absolute atomic E-state index is 10.2. The quantitative estimate of drug-likeness (QED) is 0.908. The molecule has 0 spiro atoms. The van der Waals surface area contributed by atoms with Crippen LogP contribution in [0.25, 0.3) is 0 Å². The Hall–Kier alpha value is -1.12. The first-order chi connectivity index (χ1) is 8.66. The third kappa shape index (κ3) is 3.44. The molecule has 1 unspecified atom stereocenters. The normalized spacial score (nSPS) is 12.4. The molecule has 2 heteroatoms. The summed E-state index contributed by atoms with van der Waals surface area (Å²) >= 11 is 3.51. The van der Waals surface area contributed by atoms with Gasteiger partial charge in [-0.15, -0.1) is 0 Å². The van der Waals surface area contributed by atoms with E-state index in [1.807, 2.05) is 36.4 Å². The van der Waals surface area contributed by atoms with Crippen molar-refractivity contribution in [3.63, 3.8) is 0 Å². The van der Waals surface area contributed by atoms with Crippen molar-refractivity contribution < 1.29 is 5.11 Å². The highest BCUT2D eigenvalue weighted by Crippen LogP contribution is 2.19. The average Bonchev–Trinajstić information content (AvgIpc) is 2.35. The molecule has 1 N–H and O–H groups in total. The highest BCUT2D eigenvalue weighted by molar-refractivity contribution is 9.10. The zero-order chi connectivity index (χ0) is 13.0. The van der Waals surface area contributed by atoms with Crippen LogP contribution in [0.15, 0.2) is 53.0 Å². The Balaban J connectivity index is 2.04. The first-order valence-electron chi connectivity index (χ1n) is 6.13. The molecule has 18 heavy (non-hydrogen) atoms. The molecule has 0 heterocycles. The van der Waals surface area contributed by atoms with E-state index >= 15 is 0 Å². The van der Waals surface area contributed by atoms with E-state index in [-0.39, 0.29) is 6.10 Å². The van der Waals surface area contributed by atoms with Gasteiger partial charge in [0.1, 0.15) is 0 Å². The van der Waals surface area contributed by atoms with Crippen LogP contribution >= 0.6 is 15.9 Å². The van der Waals surface area contributed by atoms with Crippen molar-refractivity contribution in [3.05, 3.63) is 69.7 Å². The van der Waals surface area contributed by atoms with Crippen molar-refractivity contribution >= 4 is 15.9 Å². The topological polar surface area (TPSA) is 20.2 Å². The van der Waals surface area contributed by atoms with Gasteiger partial charge >= 0.3 is 0 Å². The molecule has 0 radical (unpaired) electrons. The third-order valence-corrected chi connectivity index (χ3v) is 3.90. The molecule has 1 atom stereocenters. The van der Waals surface area contributed by atoms with E-state index in [1.54, 1.807) is 0 Å². The molecule has 2 aromatic carbocycles. The minimum atomic E-state index is -0.343. The minimum absolute atomic E-state index is 0.343. The van der Waals surface area contributed by atoms with Crippen LogP contribution in [-0.4, -0.2) is 11.2 Å². The number of rotatable bonds is 4. The van der Waals surface area contributed by atoms with Crippen LogP contribution in [0.1, 0.15) is 16.7 Å². The lowest BCUT2D eigenvalue weighted by Gasteiger charge is -2.13. The van der Waals surface area contributed by atoms with E-state index in [0.29, 0.717) is 12.8 Å². The van der Waals surface area contributed by atoms with E-state index in [1.165, 1.54) is 11.1 Å². The predicted molar refractivity (Wildman–Crippen MR) is 78.7 cm³/mol. The molecule has 0 aliphatic rings. The second kappa shape index (κ2) is 6.17. The van der Waals surface area contributed by atoms with E-state index in [2.05, 4.69) is 35.0 Å². The zero-order valence-corrected chi connectivity index (χ0v) is 12.0. The average molecular weight is 305 g/mol. The summed E-state index contributed by atoms with van der Waals surface area (Å²) in [6.45, 7) is 2.08. The van der Waals surface area contributed by atoms with Gasteiger partial charge in [0.05, 0.1) is 6.10 Å². The molecule has 2 aromatic rings. The van der Waals surface area contributed by atoms with Gasteiger partial charge in [-0.2, -0.15) is 0 Å². The number of aliphatic hydroxyl groups excluding tert-OH is 1. The van der Waals surface area contributed by atoms with Gasteiger partial charge in [0.15, 0.2) is 0 Å². The summed E-state index contributed by atoms with van der Waals surface area (Å²) in [5.41, 5.74) is 3.61. The maximum Gasteiger partial charge on any atom is 0.0621 e. The molecule has 0 fully saturated rings. The monoisotopic (exact) mass is 304 g/mol. The maximum atomic E-state index is 10.2. The smallest absolute Gasteiger partial charge is 0.0621 e. The highest BCUT2D eigenvalue weighted by Gasteiger charge is 2.10. The molecule has 94 valence electrons. The Bertz CT molecular complexity index is 475. The van der Waals surface area contributed by atoms with E-state index in [4.69, 9.17) is 0 Å². The molecule has 0 aliphatic heterocycles. The van der Waals surface area contributed by atoms with Gasteiger partial charge < -0.3 is 5.11 Å². The minimum Gasteiger partial charge on any atom is -0.392 e. The van der Waals surface area contributed by atoms with Crippen LogP contribution in [0, 0.1) is 6.92 Å². The van der Waals surface area contributed by atoms with Crippen LogP contribution in [0.4, 0.5) is 0 Å². The van der Waals surface area contributed by atoms with Gasteiger partial charge in [-0.25, -0.2) is 0 Å². The fourth-order valence-corrected chi connectivity index (χ4v) is 2.53. The Kier molecular flexibility index (Phi) is 4.56. The van der Waals surface area contributed by atoms with Crippen molar-refractivity contribution in [1.29, 1.82) is 0 Å². The second-order valence-electron chi connectivity index (χ2n) is 4.58. The van der Waals surface area contributed by atoms with Crippen LogP contribution in [0.5, 0.6) is 0 Å². The summed E-state index contributed by atoms with van der Waals surface area (Å²) < 4.78 is 1.06. The molecule has 0 saturated carbocycles. The summed E-state index contributed by atoms with van der Waals surface area (Å²) in [6, 6.07) is 16.3. The lowest BCUT2D eigenvalue weighted by molar-refractivity contribution is 0.175. The number of aryl methyl sites for hydroxylation is 1. The van der Waals surface area contributed by atoms with E-state index in [9.17, 15) is 5.11 Å². The molecule has 2 rings (SSSR count). The summed E-state index contributed by atoms with van der Waals surface area (Å²) in [5.74, 6) is 0. The third-order valence-electron chi connectivity index (χ3n) is 3.13. The Labute approximate surface area is 117 Å². The summed E-state index contributed by atoms with van der Waals surface area (Å²) in [5, 5.41) is 10.2. The van der Waals surface area contributed by atoms with Gasteiger partial charge in [0.25, 0.3) is 0 Å². The van der Waals surface area contributed by atoms with Crippen molar-refractivity contribution in [2.24, 2.45) is 0 Å². The Morgan fingerprint density at radius 3 is 2.17 bits per heavy atom. The van der Waals surface area contributed by atoms with Gasteiger partial charge in [0, 0.05) is 4.47 Å². The predicted octanol–water partition coefficient (Wildman–Crippen LogP) is 3.90. The zero-order valence-electron chi connectivity index (χ0n) is 10.4. The fraction of sp³-hybridized carbons (Fsp3) is 0.250. The molecular formula is C16H17BrO. The van der Waals surface area contributed by atoms with Gasteiger partial charge in [0.2, 0.25) is 0 Å². The first-order valence-corrected chi connectivity index (χ1v) is 6.92. The summed E-state index contributed by atoms with van der Waals surface area (Å²) in [6.07, 6.45) is 1.04. The molecule has 0 bridgehead atoms. The molecule has 0 amide bonds. The number of hydrogen-bond acceptors (Lipinski definition) is 1. The standard InChI is InChI=1S/C16H17BrO/c1-12-6-2-3-7-13(12)10-15(18)11-14-8-4-5-9-16(14)17/h2-9,15,18H,10-11H2,1H3. The molecule has 1 nitrogen and oxygen atoms in total. The number of halogens is 1. The number of benzene rings is 2. The SMILES string of the molecule is Cc1ccccc1CC(O)Cc1ccccc1Br. The first kappa shape index (κ1) is 13.3. The van der Waals surface area contributed by atoms with Crippen LogP contribution in [0.2, 0.25) is 0 Å². The highest BCUT2D eigenvalue weighted by atomic mass is 79.9. The van der Waals surface area contributed by atoms with Gasteiger partial charge in [-0.3, -0.25) is 0 Å². The molecule has 0 aromatic heterocycles. The number of aliphatic hydroxyl groups is 1. The lowest BCUT2D eigenvalue weighted by atomic mass is 9.98. The summed E-state index contributed by atoms with van der Waals surface area (Å²) in [7, 11) is 0. The summed E-state index contributed by atoms with van der Waals surface area (Å²) in [4.78, 5) is 0. The van der Waals surface area contributed by atoms with Crippen LogP contribution in [0.3, 0.4) is 0 Å². The Morgan fingerprint density at radius 1 is 0.944 bits per heavy atom. The van der Waals surface area contributed by atoms with Crippen LogP contribution < -0.4 is 0 Å². The van der Waals surface area contributed by atoms with Crippen molar-refractivity contribution in [3.8, 4) is 0 Å². The molecular weight excluding hydrogens is 288 g/mol.